The van der Waals surface area contributed by atoms with E-state index in [1.807, 2.05) is 12.4 Å². The van der Waals surface area contributed by atoms with Crippen LogP contribution in [-0.4, -0.2) is 9.97 Å². The van der Waals surface area contributed by atoms with Gasteiger partial charge in [-0.05, 0) is 49.8 Å². The first-order chi connectivity index (χ1) is 8.75. The van der Waals surface area contributed by atoms with Crippen molar-refractivity contribution in [1.29, 1.82) is 0 Å². The van der Waals surface area contributed by atoms with Gasteiger partial charge in [0.15, 0.2) is 0 Å². The van der Waals surface area contributed by atoms with Gasteiger partial charge in [-0.1, -0.05) is 24.6 Å². The lowest BCUT2D eigenvalue weighted by Gasteiger charge is -2.05. The van der Waals surface area contributed by atoms with Gasteiger partial charge in [0.1, 0.15) is 5.82 Å². The molecule has 0 saturated heterocycles. The van der Waals surface area contributed by atoms with Crippen molar-refractivity contribution in [2.75, 3.05) is 0 Å². The summed E-state index contributed by atoms with van der Waals surface area (Å²) in [7, 11) is 0. The van der Waals surface area contributed by atoms with E-state index < -0.39 is 0 Å². The van der Waals surface area contributed by atoms with Gasteiger partial charge in [0.25, 0.3) is 0 Å². The predicted molar refractivity (Wildman–Crippen MR) is 75.8 cm³/mol. The molecule has 0 aliphatic heterocycles. The summed E-state index contributed by atoms with van der Waals surface area (Å²) in [5.41, 5.74) is 4.26. The second-order valence-corrected chi connectivity index (χ2v) is 5.02. The minimum absolute atomic E-state index is 1.07. The predicted octanol–water partition coefficient (Wildman–Crippen LogP) is 3.98. The van der Waals surface area contributed by atoms with Crippen molar-refractivity contribution in [3.63, 3.8) is 0 Å². The van der Waals surface area contributed by atoms with Crippen molar-refractivity contribution in [1.82, 2.24) is 9.97 Å². The Morgan fingerprint density at radius 1 is 1.00 bits per heavy atom. The number of benzene rings is 1. The van der Waals surface area contributed by atoms with Crippen molar-refractivity contribution >= 4 is 0 Å². The fourth-order valence-electron chi connectivity index (χ4n) is 2.19. The molecule has 0 spiro atoms. The molecule has 1 N–H and O–H groups in total. The molecule has 0 amide bonds. The standard InChI is InChI=1S/C16H22N2/c1-13-8-9-15(12-14(13)2)6-4-3-5-7-16-17-10-11-18-16/h8-12H,3-7H2,1-2H3,(H,17,18). The Morgan fingerprint density at radius 3 is 2.56 bits per heavy atom. The first-order valence-corrected chi connectivity index (χ1v) is 6.80. The summed E-state index contributed by atoms with van der Waals surface area (Å²) in [5.74, 6) is 1.11. The highest BCUT2D eigenvalue weighted by Crippen LogP contribution is 2.13. The van der Waals surface area contributed by atoms with Gasteiger partial charge in [0.2, 0.25) is 0 Å². The third-order valence-electron chi connectivity index (χ3n) is 3.51. The third-order valence-corrected chi connectivity index (χ3v) is 3.51. The lowest BCUT2D eigenvalue weighted by molar-refractivity contribution is 0.665. The zero-order valence-corrected chi connectivity index (χ0v) is 11.4. The van der Waals surface area contributed by atoms with Gasteiger partial charge in [-0.3, -0.25) is 0 Å². The minimum atomic E-state index is 1.07. The van der Waals surface area contributed by atoms with Crippen LogP contribution in [0.2, 0.25) is 0 Å². The van der Waals surface area contributed by atoms with Crippen molar-refractivity contribution < 1.29 is 0 Å². The molecule has 0 fully saturated rings. The van der Waals surface area contributed by atoms with Crippen LogP contribution in [0.4, 0.5) is 0 Å². The Hall–Kier alpha value is -1.57. The number of aromatic nitrogens is 2. The van der Waals surface area contributed by atoms with Gasteiger partial charge in [0, 0.05) is 18.8 Å². The molecule has 0 bridgehead atoms. The Balaban J connectivity index is 1.67. The molecule has 2 nitrogen and oxygen atoms in total. The lowest BCUT2D eigenvalue weighted by atomic mass is 10.0. The summed E-state index contributed by atoms with van der Waals surface area (Å²) in [5, 5.41) is 0. The van der Waals surface area contributed by atoms with E-state index in [-0.39, 0.29) is 0 Å². The monoisotopic (exact) mass is 242 g/mol. The number of aromatic amines is 1. The first kappa shape index (κ1) is 12.9. The fourth-order valence-corrected chi connectivity index (χ4v) is 2.19. The van der Waals surface area contributed by atoms with Gasteiger partial charge in [-0.25, -0.2) is 4.98 Å². The average molecular weight is 242 g/mol. The number of nitrogens with one attached hydrogen (secondary N) is 1. The van der Waals surface area contributed by atoms with Crippen LogP contribution in [0, 0.1) is 13.8 Å². The minimum Gasteiger partial charge on any atom is -0.349 e. The number of aryl methyl sites for hydroxylation is 4. The molecule has 0 radical (unpaired) electrons. The number of H-pyrrole nitrogens is 1. The van der Waals surface area contributed by atoms with Crippen LogP contribution in [0.3, 0.4) is 0 Å². The Morgan fingerprint density at radius 2 is 1.83 bits per heavy atom. The van der Waals surface area contributed by atoms with Crippen molar-refractivity contribution in [2.45, 2.75) is 46.0 Å². The Bertz CT molecular complexity index is 472. The van der Waals surface area contributed by atoms with Crippen LogP contribution >= 0.6 is 0 Å². The third kappa shape index (κ3) is 3.73. The van der Waals surface area contributed by atoms with E-state index in [0.717, 1.165) is 12.2 Å². The van der Waals surface area contributed by atoms with Gasteiger partial charge in [-0.15, -0.1) is 0 Å². The first-order valence-electron chi connectivity index (χ1n) is 6.80. The highest BCUT2D eigenvalue weighted by molar-refractivity contribution is 5.29. The van der Waals surface area contributed by atoms with Crippen LogP contribution in [0.5, 0.6) is 0 Å². The Labute approximate surface area is 109 Å². The lowest BCUT2D eigenvalue weighted by Crippen LogP contribution is -1.91. The molecule has 1 heterocycles. The van der Waals surface area contributed by atoms with Crippen molar-refractivity contribution in [2.24, 2.45) is 0 Å². The summed E-state index contributed by atoms with van der Waals surface area (Å²) in [6, 6.07) is 6.81. The molecule has 0 unspecified atom stereocenters. The topological polar surface area (TPSA) is 28.7 Å². The van der Waals surface area contributed by atoms with E-state index in [0.29, 0.717) is 0 Å². The number of rotatable bonds is 6. The van der Waals surface area contributed by atoms with E-state index in [1.165, 1.54) is 42.4 Å². The number of imidazole rings is 1. The molecule has 96 valence electrons. The van der Waals surface area contributed by atoms with E-state index in [9.17, 15) is 0 Å². The molecule has 1 aromatic heterocycles. The SMILES string of the molecule is Cc1ccc(CCCCCc2ncc[nH]2)cc1C. The number of hydrogen-bond acceptors (Lipinski definition) is 1. The molecule has 0 aliphatic carbocycles. The molecule has 0 saturated carbocycles. The summed E-state index contributed by atoms with van der Waals surface area (Å²) in [6.07, 6.45) is 9.74. The highest BCUT2D eigenvalue weighted by Gasteiger charge is 1.98. The second kappa shape index (κ2) is 6.39. The van der Waals surface area contributed by atoms with E-state index >= 15 is 0 Å². The van der Waals surface area contributed by atoms with Crippen LogP contribution in [-0.2, 0) is 12.8 Å². The summed E-state index contributed by atoms with van der Waals surface area (Å²) in [6.45, 7) is 4.36. The maximum Gasteiger partial charge on any atom is 0.105 e. The van der Waals surface area contributed by atoms with Gasteiger partial charge in [0.05, 0.1) is 0 Å². The average Bonchev–Trinajstić information content (AvgIpc) is 2.86. The van der Waals surface area contributed by atoms with Crippen LogP contribution in [0.15, 0.2) is 30.6 Å². The zero-order chi connectivity index (χ0) is 12.8. The molecule has 1 aromatic carbocycles. The fraction of sp³-hybridized carbons (Fsp3) is 0.438. The van der Waals surface area contributed by atoms with Crippen LogP contribution in [0.1, 0.15) is 41.8 Å². The van der Waals surface area contributed by atoms with E-state index in [2.05, 4.69) is 42.0 Å². The molecule has 2 aromatic rings. The molecule has 0 aliphatic rings. The van der Waals surface area contributed by atoms with E-state index in [4.69, 9.17) is 0 Å². The molecular weight excluding hydrogens is 220 g/mol. The normalized spacial score (nSPS) is 10.8. The van der Waals surface area contributed by atoms with Crippen molar-refractivity contribution in [3.05, 3.63) is 53.1 Å². The smallest absolute Gasteiger partial charge is 0.105 e. The summed E-state index contributed by atoms with van der Waals surface area (Å²) >= 11 is 0. The maximum absolute atomic E-state index is 4.24. The number of hydrogen-bond donors (Lipinski definition) is 1. The van der Waals surface area contributed by atoms with Crippen LogP contribution < -0.4 is 0 Å². The maximum atomic E-state index is 4.24. The molecular formula is C16H22N2. The van der Waals surface area contributed by atoms with Crippen molar-refractivity contribution in [3.8, 4) is 0 Å². The summed E-state index contributed by atoms with van der Waals surface area (Å²) in [4.78, 5) is 7.39. The zero-order valence-electron chi connectivity index (χ0n) is 11.4. The van der Waals surface area contributed by atoms with Gasteiger partial charge in [-0.2, -0.15) is 0 Å². The molecule has 0 atom stereocenters. The molecule has 2 heteroatoms. The van der Waals surface area contributed by atoms with Crippen LogP contribution in [0.25, 0.3) is 0 Å². The Kier molecular flexibility index (Phi) is 4.57. The second-order valence-electron chi connectivity index (χ2n) is 5.02. The quantitative estimate of drug-likeness (QED) is 0.762. The number of unbranched alkanes of at least 4 members (excludes halogenated alkanes) is 2. The molecule has 2 rings (SSSR count). The van der Waals surface area contributed by atoms with Gasteiger partial charge < -0.3 is 4.98 Å². The highest BCUT2D eigenvalue weighted by atomic mass is 14.9. The number of nitrogens with zero attached hydrogens (tertiary/aromatic N) is 1. The largest absolute Gasteiger partial charge is 0.349 e. The van der Waals surface area contributed by atoms with E-state index in [1.54, 1.807) is 0 Å². The molecule has 18 heavy (non-hydrogen) atoms. The summed E-state index contributed by atoms with van der Waals surface area (Å²) < 4.78 is 0. The van der Waals surface area contributed by atoms with Gasteiger partial charge >= 0.3 is 0 Å².